The van der Waals surface area contributed by atoms with Crippen LogP contribution in [0.2, 0.25) is 0 Å². The lowest BCUT2D eigenvalue weighted by molar-refractivity contribution is -0.135. The molecule has 1 amide bonds. The molecular weight excluding hydrogens is 402 g/mol. The van der Waals surface area contributed by atoms with E-state index < -0.39 is 6.04 Å². The number of fused-ring (bicyclic) bond motifs is 1. The van der Waals surface area contributed by atoms with Crippen LogP contribution in [0.1, 0.15) is 50.2 Å². The SMILES string of the molecule is COCCN(C(=O)CC(C)C)C(C)c1nc2ccccc2c(=O)n1-c1cc(C)ccc1C. The number of nitrogens with zero attached hydrogens (tertiary/aromatic N) is 3. The first kappa shape index (κ1) is 23.7. The van der Waals surface area contributed by atoms with Gasteiger partial charge >= 0.3 is 0 Å². The summed E-state index contributed by atoms with van der Waals surface area (Å²) in [5.74, 6) is 0.806. The molecule has 3 rings (SSSR count). The number of benzene rings is 2. The Labute approximate surface area is 189 Å². The number of carbonyl (C=O) groups excluding carboxylic acids is 1. The van der Waals surface area contributed by atoms with Gasteiger partial charge in [-0.25, -0.2) is 4.98 Å². The fourth-order valence-electron chi connectivity index (χ4n) is 3.95. The Hall–Kier alpha value is -2.99. The molecule has 0 bridgehead atoms. The Bertz CT molecular complexity index is 1170. The van der Waals surface area contributed by atoms with Gasteiger partial charge in [0.05, 0.1) is 29.2 Å². The fourth-order valence-corrected chi connectivity index (χ4v) is 3.95. The molecule has 6 heteroatoms. The molecule has 0 aliphatic rings. The Morgan fingerprint density at radius 1 is 1.12 bits per heavy atom. The second-order valence-electron chi connectivity index (χ2n) is 8.77. The third-order valence-corrected chi connectivity index (χ3v) is 5.69. The topological polar surface area (TPSA) is 64.4 Å². The van der Waals surface area contributed by atoms with Crippen LogP contribution in [-0.4, -0.2) is 40.6 Å². The first-order valence-corrected chi connectivity index (χ1v) is 11.1. The maximum Gasteiger partial charge on any atom is 0.266 e. The molecule has 6 nitrogen and oxygen atoms in total. The molecule has 0 aliphatic heterocycles. The van der Waals surface area contributed by atoms with E-state index in [1.807, 2.05) is 71.0 Å². The molecule has 170 valence electrons. The third-order valence-electron chi connectivity index (χ3n) is 5.69. The van der Waals surface area contributed by atoms with E-state index in [0.717, 1.165) is 16.8 Å². The summed E-state index contributed by atoms with van der Waals surface area (Å²) in [7, 11) is 1.62. The summed E-state index contributed by atoms with van der Waals surface area (Å²) in [5.41, 5.74) is 3.31. The normalized spacial score (nSPS) is 12.3. The van der Waals surface area contributed by atoms with Crippen molar-refractivity contribution in [3.8, 4) is 5.69 Å². The van der Waals surface area contributed by atoms with E-state index in [0.29, 0.717) is 36.3 Å². The van der Waals surface area contributed by atoms with Crippen LogP contribution in [0.15, 0.2) is 47.3 Å². The lowest BCUT2D eigenvalue weighted by Crippen LogP contribution is -2.39. The van der Waals surface area contributed by atoms with Gasteiger partial charge in [0.1, 0.15) is 5.82 Å². The van der Waals surface area contributed by atoms with E-state index in [4.69, 9.17) is 9.72 Å². The molecule has 1 aromatic heterocycles. The van der Waals surface area contributed by atoms with E-state index in [-0.39, 0.29) is 17.4 Å². The van der Waals surface area contributed by atoms with Crippen LogP contribution in [-0.2, 0) is 9.53 Å². The number of amides is 1. The number of rotatable bonds is 8. The average molecular weight is 436 g/mol. The third kappa shape index (κ3) is 4.91. The Morgan fingerprint density at radius 2 is 1.84 bits per heavy atom. The molecule has 0 radical (unpaired) electrons. The quantitative estimate of drug-likeness (QED) is 0.519. The van der Waals surface area contributed by atoms with E-state index in [1.54, 1.807) is 22.6 Å². The summed E-state index contributed by atoms with van der Waals surface area (Å²) in [5, 5.41) is 0.557. The minimum Gasteiger partial charge on any atom is -0.383 e. The van der Waals surface area contributed by atoms with E-state index >= 15 is 0 Å². The molecule has 1 heterocycles. The zero-order valence-corrected chi connectivity index (χ0v) is 19.9. The van der Waals surface area contributed by atoms with Gasteiger partial charge in [-0.2, -0.15) is 0 Å². The van der Waals surface area contributed by atoms with Crippen LogP contribution in [0.5, 0.6) is 0 Å². The summed E-state index contributed by atoms with van der Waals surface area (Å²) in [6.07, 6.45) is 0.426. The van der Waals surface area contributed by atoms with E-state index in [9.17, 15) is 9.59 Å². The highest BCUT2D eigenvalue weighted by Crippen LogP contribution is 2.26. The van der Waals surface area contributed by atoms with Gasteiger partial charge in [-0.15, -0.1) is 0 Å². The van der Waals surface area contributed by atoms with Crippen molar-refractivity contribution < 1.29 is 9.53 Å². The minimum absolute atomic E-state index is 0.0273. The van der Waals surface area contributed by atoms with Crippen LogP contribution in [0.4, 0.5) is 0 Å². The average Bonchev–Trinajstić information content (AvgIpc) is 2.75. The standard InChI is InChI=1S/C26H33N3O3/c1-17(2)15-24(30)28(13-14-32-6)20(5)25-27-22-10-8-7-9-21(22)26(31)29(25)23-16-18(3)11-12-19(23)4/h7-12,16-17,20H,13-15H2,1-6H3. The Balaban J connectivity index is 2.26. The van der Waals surface area contributed by atoms with Crippen molar-refractivity contribution in [1.29, 1.82) is 0 Å². The Kier molecular flexibility index (Phi) is 7.46. The van der Waals surface area contributed by atoms with Gasteiger partial charge in [0.2, 0.25) is 5.91 Å². The summed E-state index contributed by atoms with van der Waals surface area (Å²) in [4.78, 5) is 33.5. The van der Waals surface area contributed by atoms with Gasteiger partial charge in [0.15, 0.2) is 0 Å². The molecule has 1 unspecified atom stereocenters. The maximum absolute atomic E-state index is 13.7. The van der Waals surface area contributed by atoms with Gasteiger partial charge in [-0.05, 0) is 56.0 Å². The van der Waals surface area contributed by atoms with Gasteiger partial charge in [0, 0.05) is 20.1 Å². The molecule has 0 fully saturated rings. The summed E-state index contributed by atoms with van der Waals surface area (Å²) in [6, 6.07) is 13.0. The van der Waals surface area contributed by atoms with Crippen molar-refractivity contribution in [2.45, 2.75) is 47.1 Å². The van der Waals surface area contributed by atoms with Crippen molar-refractivity contribution in [2.75, 3.05) is 20.3 Å². The number of aromatic nitrogens is 2. The monoisotopic (exact) mass is 435 g/mol. The molecule has 3 aromatic rings. The first-order chi connectivity index (χ1) is 15.2. The lowest BCUT2D eigenvalue weighted by atomic mass is 10.1. The highest BCUT2D eigenvalue weighted by atomic mass is 16.5. The number of methoxy groups -OCH3 is 1. The first-order valence-electron chi connectivity index (χ1n) is 11.1. The fraction of sp³-hybridized carbons (Fsp3) is 0.423. The maximum atomic E-state index is 13.7. The van der Waals surface area contributed by atoms with Crippen LogP contribution < -0.4 is 5.56 Å². The number of carbonyl (C=O) groups is 1. The number of aryl methyl sites for hydroxylation is 2. The van der Waals surface area contributed by atoms with Crippen LogP contribution in [0.25, 0.3) is 16.6 Å². The number of hydrogen-bond donors (Lipinski definition) is 0. The lowest BCUT2D eigenvalue weighted by Gasteiger charge is -2.31. The van der Waals surface area contributed by atoms with Gasteiger partial charge in [0.25, 0.3) is 5.56 Å². The van der Waals surface area contributed by atoms with Crippen LogP contribution >= 0.6 is 0 Å². The van der Waals surface area contributed by atoms with Crippen molar-refractivity contribution in [3.63, 3.8) is 0 Å². The molecule has 0 spiro atoms. The smallest absolute Gasteiger partial charge is 0.266 e. The zero-order chi connectivity index (χ0) is 23.4. The number of hydrogen-bond acceptors (Lipinski definition) is 4. The predicted molar refractivity (Wildman–Crippen MR) is 128 cm³/mol. The number of para-hydroxylation sites is 1. The number of ether oxygens (including phenoxy) is 1. The summed E-state index contributed by atoms with van der Waals surface area (Å²) >= 11 is 0. The van der Waals surface area contributed by atoms with Crippen molar-refractivity contribution in [3.05, 3.63) is 69.8 Å². The highest BCUT2D eigenvalue weighted by Gasteiger charge is 2.27. The van der Waals surface area contributed by atoms with Gasteiger partial charge in [-0.3, -0.25) is 14.2 Å². The van der Waals surface area contributed by atoms with Crippen LogP contribution in [0.3, 0.4) is 0 Å². The van der Waals surface area contributed by atoms with E-state index in [1.165, 1.54) is 0 Å². The van der Waals surface area contributed by atoms with E-state index in [2.05, 4.69) is 0 Å². The molecule has 2 aromatic carbocycles. The predicted octanol–water partition coefficient (Wildman–Crippen LogP) is 4.58. The molecule has 0 saturated heterocycles. The summed E-state index contributed by atoms with van der Waals surface area (Å²) in [6.45, 7) is 10.8. The molecule has 0 saturated carbocycles. The second-order valence-corrected chi connectivity index (χ2v) is 8.77. The van der Waals surface area contributed by atoms with Crippen LogP contribution in [0, 0.1) is 19.8 Å². The molecule has 0 N–H and O–H groups in total. The van der Waals surface area contributed by atoms with Crippen molar-refractivity contribution >= 4 is 16.8 Å². The Morgan fingerprint density at radius 3 is 2.53 bits per heavy atom. The molecule has 0 aliphatic carbocycles. The minimum atomic E-state index is -0.409. The zero-order valence-electron chi connectivity index (χ0n) is 19.9. The highest BCUT2D eigenvalue weighted by molar-refractivity contribution is 5.79. The second kappa shape index (κ2) is 10.1. The molecule has 1 atom stereocenters. The molecular formula is C26H33N3O3. The van der Waals surface area contributed by atoms with Gasteiger partial charge in [-0.1, -0.05) is 38.1 Å². The van der Waals surface area contributed by atoms with Crippen molar-refractivity contribution in [1.82, 2.24) is 14.5 Å². The molecule has 32 heavy (non-hydrogen) atoms. The van der Waals surface area contributed by atoms with Gasteiger partial charge < -0.3 is 9.64 Å². The largest absolute Gasteiger partial charge is 0.383 e. The summed E-state index contributed by atoms with van der Waals surface area (Å²) < 4.78 is 6.95. The van der Waals surface area contributed by atoms with Crippen molar-refractivity contribution in [2.24, 2.45) is 5.92 Å².